The number of rotatable bonds is 6. The monoisotopic (exact) mass is 277 g/mol. The number of nitrogens with two attached hydrogens (primary N) is 1. The molecule has 1 heterocycles. The van der Waals surface area contributed by atoms with Gasteiger partial charge in [0.05, 0.1) is 12.2 Å². The van der Waals surface area contributed by atoms with Crippen molar-refractivity contribution in [2.45, 2.75) is 19.8 Å². The molecule has 0 aromatic heterocycles. The number of ether oxygens (including phenoxy) is 1. The van der Waals surface area contributed by atoms with Gasteiger partial charge in [-0.15, -0.1) is 0 Å². The topological polar surface area (TPSA) is 67.6 Å². The molecule has 0 saturated carbocycles. The molecule has 20 heavy (non-hydrogen) atoms. The van der Waals surface area contributed by atoms with E-state index in [1.807, 2.05) is 6.07 Å². The quantitative estimate of drug-likeness (QED) is 0.614. The van der Waals surface area contributed by atoms with E-state index in [0.717, 1.165) is 18.8 Å². The first-order chi connectivity index (χ1) is 9.70. The molecule has 1 aliphatic heterocycles. The van der Waals surface area contributed by atoms with Crippen molar-refractivity contribution in [3.05, 3.63) is 23.8 Å². The zero-order valence-corrected chi connectivity index (χ0v) is 12.0. The van der Waals surface area contributed by atoms with Crippen molar-refractivity contribution in [3.8, 4) is 0 Å². The van der Waals surface area contributed by atoms with E-state index in [4.69, 9.17) is 10.5 Å². The van der Waals surface area contributed by atoms with Crippen LogP contribution in [-0.4, -0.2) is 43.7 Å². The highest BCUT2D eigenvalue weighted by molar-refractivity contribution is 5.96. The minimum atomic E-state index is -0.330. The number of likely N-dealkylation sites (tertiary alicyclic amines) is 1. The molecule has 0 atom stereocenters. The maximum atomic E-state index is 11.9. The molecule has 5 nitrogen and oxygen atoms in total. The number of hydrogen-bond donors (Lipinski definition) is 2. The maximum absolute atomic E-state index is 11.9. The van der Waals surface area contributed by atoms with Crippen LogP contribution in [0.25, 0.3) is 0 Å². The van der Waals surface area contributed by atoms with E-state index in [9.17, 15) is 4.79 Å². The zero-order valence-electron chi connectivity index (χ0n) is 12.0. The van der Waals surface area contributed by atoms with Gasteiger partial charge in [0.15, 0.2) is 0 Å². The minimum Gasteiger partial charge on any atom is -0.462 e. The molecule has 0 radical (unpaired) electrons. The van der Waals surface area contributed by atoms with Gasteiger partial charge < -0.3 is 20.7 Å². The fourth-order valence-electron chi connectivity index (χ4n) is 2.45. The molecule has 2 rings (SSSR count). The Morgan fingerprint density at radius 2 is 2.15 bits per heavy atom. The summed E-state index contributed by atoms with van der Waals surface area (Å²) in [6.07, 6.45) is 2.58. The van der Waals surface area contributed by atoms with E-state index in [1.54, 1.807) is 19.1 Å². The molecule has 1 fully saturated rings. The SMILES string of the molecule is CCOC(=O)c1cc(N)ccc1NCCN1CCCC1. The Hall–Kier alpha value is -1.75. The third-order valence-corrected chi connectivity index (χ3v) is 3.48. The van der Waals surface area contributed by atoms with Crippen molar-refractivity contribution in [1.29, 1.82) is 0 Å². The number of nitrogens with one attached hydrogen (secondary N) is 1. The van der Waals surface area contributed by atoms with Gasteiger partial charge in [-0.3, -0.25) is 0 Å². The number of anilines is 2. The van der Waals surface area contributed by atoms with Crippen LogP contribution in [0.3, 0.4) is 0 Å². The molecule has 3 N–H and O–H groups in total. The summed E-state index contributed by atoms with van der Waals surface area (Å²) in [6.45, 7) is 6.32. The number of nitrogen functional groups attached to an aromatic ring is 1. The maximum Gasteiger partial charge on any atom is 0.340 e. The second-order valence-corrected chi connectivity index (χ2v) is 5.00. The highest BCUT2D eigenvalue weighted by Crippen LogP contribution is 2.20. The van der Waals surface area contributed by atoms with Crippen LogP contribution >= 0.6 is 0 Å². The van der Waals surface area contributed by atoms with E-state index in [-0.39, 0.29) is 5.97 Å². The van der Waals surface area contributed by atoms with Crippen molar-refractivity contribution in [3.63, 3.8) is 0 Å². The lowest BCUT2D eigenvalue weighted by atomic mass is 10.1. The molecule has 0 bridgehead atoms. The number of nitrogens with zero attached hydrogens (tertiary/aromatic N) is 1. The second-order valence-electron chi connectivity index (χ2n) is 5.00. The Bertz CT molecular complexity index is 456. The highest BCUT2D eigenvalue weighted by Gasteiger charge is 2.14. The van der Waals surface area contributed by atoms with E-state index in [0.29, 0.717) is 17.9 Å². The van der Waals surface area contributed by atoms with Gasteiger partial charge in [0.2, 0.25) is 0 Å². The van der Waals surface area contributed by atoms with Crippen LogP contribution in [0.15, 0.2) is 18.2 Å². The first-order valence-electron chi connectivity index (χ1n) is 7.23. The van der Waals surface area contributed by atoms with Crippen molar-refractivity contribution >= 4 is 17.3 Å². The summed E-state index contributed by atoms with van der Waals surface area (Å²) < 4.78 is 5.06. The van der Waals surface area contributed by atoms with Crippen LogP contribution in [0.2, 0.25) is 0 Å². The van der Waals surface area contributed by atoms with Crippen LogP contribution in [0, 0.1) is 0 Å². The van der Waals surface area contributed by atoms with Crippen molar-refractivity contribution < 1.29 is 9.53 Å². The average molecular weight is 277 g/mol. The van der Waals surface area contributed by atoms with Gasteiger partial charge in [-0.25, -0.2) is 4.79 Å². The third-order valence-electron chi connectivity index (χ3n) is 3.48. The van der Waals surface area contributed by atoms with Crippen LogP contribution in [0.4, 0.5) is 11.4 Å². The molecule has 0 spiro atoms. The molecule has 0 amide bonds. The van der Waals surface area contributed by atoms with E-state index < -0.39 is 0 Å². The van der Waals surface area contributed by atoms with Crippen molar-refractivity contribution in [2.24, 2.45) is 0 Å². The lowest BCUT2D eigenvalue weighted by molar-refractivity contribution is 0.0527. The Balaban J connectivity index is 1.96. The van der Waals surface area contributed by atoms with E-state index in [1.165, 1.54) is 25.9 Å². The fraction of sp³-hybridized carbons (Fsp3) is 0.533. The van der Waals surface area contributed by atoms with Gasteiger partial charge in [-0.05, 0) is 51.1 Å². The molecule has 0 aliphatic carbocycles. The predicted octanol–water partition coefficient (Wildman–Crippen LogP) is 1.95. The highest BCUT2D eigenvalue weighted by atomic mass is 16.5. The molecule has 5 heteroatoms. The number of carbonyl (C=O) groups excluding carboxylic acids is 1. The number of esters is 1. The molecule has 1 aromatic rings. The number of benzene rings is 1. The smallest absolute Gasteiger partial charge is 0.340 e. The Morgan fingerprint density at radius 1 is 1.40 bits per heavy atom. The Labute approximate surface area is 120 Å². The summed E-state index contributed by atoms with van der Waals surface area (Å²) in [7, 11) is 0. The summed E-state index contributed by atoms with van der Waals surface area (Å²) in [6, 6.07) is 5.29. The molecule has 1 aromatic carbocycles. The largest absolute Gasteiger partial charge is 0.462 e. The molecular weight excluding hydrogens is 254 g/mol. The number of hydrogen-bond acceptors (Lipinski definition) is 5. The van der Waals surface area contributed by atoms with Gasteiger partial charge >= 0.3 is 5.97 Å². The standard InChI is InChI=1S/C15H23N3O2/c1-2-20-15(19)13-11-12(16)5-6-14(13)17-7-10-18-8-3-4-9-18/h5-6,11,17H,2-4,7-10,16H2,1H3. The first kappa shape index (κ1) is 14.7. The molecule has 1 aliphatic rings. The van der Waals surface area contributed by atoms with Gasteiger partial charge in [-0.2, -0.15) is 0 Å². The lowest BCUT2D eigenvalue weighted by Gasteiger charge is -2.17. The fourth-order valence-corrected chi connectivity index (χ4v) is 2.45. The van der Waals surface area contributed by atoms with Crippen LogP contribution < -0.4 is 11.1 Å². The number of carbonyl (C=O) groups is 1. The lowest BCUT2D eigenvalue weighted by Crippen LogP contribution is -2.26. The summed E-state index contributed by atoms with van der Waals surface area (Å²) in [4.78, 5) is 14.3. The van der Waals surface area contributed by atoms with Gasteiger partial charge in [0.25, 0.3) is 0 Å². The summed E-state index contributed by atoms with van der Waals surface area (Å²) in [5.74, 6) is -0.330. The van der Waals surface area contributed by atoms with E-state index >= 15 is 0 Å². The van der Waals surface area contributed by atoms with Crippen molar-refractivity contribution in [1.82, 2.24) is 4.90 Å². The summed E-state index contributed by atoms with van der Waals surface area (Å²) >= 11 is 0. The normalized spacial score (nSPS) is 15.2. The summed E-state index contributed by atoms with van der Waals surface area (Å²) in [5, 5.41) is 3.31. The third kappa shape index (κ3) is 3.87. The zero-order chi connectivity index (χ0) is 14.4. The average Bonchev–Trinajstić information content (AvgIpc) is 2.94. The van der Waals surface area contributed by atoms with Crippen LogP contribution in [0.5, 0.6) is 0 Å². The molecule has 0 unspecified atom stereocenters. The first-order valence-corrected chi connectivity index (χ1v) is 7.23. The molecule has 110 valence electrons. The second kappa shape index (κ2) is 7.14. The van der Waals surface area contributed by atoms with Gasteiger partial charge in [-0.1, -0.05) is 0 Å². The van der Waals surface area contributed by atoms with Crippen molar-refractivity contribution in [2.75, 3.05) is 43.8 Å². The van der Waals surface area contributed by atoms with Crippen LogP contribution in [0.1, 0.15) is 30.1 Å². The molecule has 1 saturated heterocycles. The molecular formula is C15H23N3O2. The Kier molecular flexibility index (Phi) is 5.24. The minimum absolute atomic E-state index is 0.330. The summed E-state index contributed by atoms with van der Waals surface area (Å²) in [5.41, 5.74) is 7.61. The van der Waals surface area contributed by atoms with Gasteiger partial charge in [0, 0.05) is 24.5 Å². The van der Waals surface area contributed by atoms with Gasteiger partial charge in [0.1, 0.15) is 0 Å². The Morgan fingerprint density at radius 3 is 2.85 bits per heavy atom. The predicted molar refractivity (Wildman–Crippen MR) is 81.0 cm³/mol. The van der Waals surface area contributed by atoms with E-state index in [2.05, 4.69) is 10.2 Å². The van der Waals surface area contributed by atoms with Crippen LogP contribution in [-0.2, 0) is 4.74 Å².